The highest BCUT2D eigenvalue weighted by Crippen LogP contribution is 2.33. The molecule has 4 aromatic rings. The molecular weight excluding hydrogens is 438 g/mol. The van der Waals surface area contributed by atoms with E-state index in [-0.39, 0.29) is 6.54 Å². The van der Waals surface area contributed by atoms with Gasteiger partial charge >= 0.3 is 0 Å². The molecule has 10 nitrogen and oxygen atoms in total. The lowest BCUT2D eigenvalue weighted by Crippen LogP contribution is -2.35. The predicted octanol–water partition coefficient (Wildman–Crippen LogP) is 0.786. The van der Waals surface area contributed by atoms with Crippen LogP contribution in [0.1, 0.15) is 17.4 Å². The molecule has 0 spiro atoms. The number of hydrogen-bond donors (Lipinski definition) is 5. The summed E-state index contributed by atoms with van der Waals surface area (Å²) in [5, 5.41) is 44.8. The minimum absolute atomic E-state index is 0.105. The van der Waals surface area contributed by atoms with Crippen molar-refractivity contribution in [2.75, 3.05) is 18.5 Å². The second-order valence-corrected chi connectivity index (χ2v) is 8.22. The maximum Gasteiger partial charge on any atom is 0.167 e. The van der Waals surface area contributed by atoms with Crippen molar-refractivity contribution < 1.29 is 25.2 Å². The van der Waals surface area contributed by atoms with Gasteiger partial charge in [0.25, 0.3) is 0 Å². The van der Waals surface area contributed by atoms with Crippen LogP contribution in [0.3, 0.4) is 0 Å². The lowest BCUT2D eigenvalue weighted by atomic mass is 9.86. The smallest absolute Gasteiger partial charge is 0.167 e. The van der Waals surface area contributed by atoms with Crippen LogP contribution in [0.5, 0.6) is 0 Å². The zero-order valence-corrected chi connectivity index (χ0v) is 18.1. The van der Waals surface area contributed by atoms with Crippen LogP contribution in [0.2, 0.25) is 0 Å². The average Bonchev–Trinajstić information content (AvgIpc) is 3.44. The van der Waals surface area contributed by atoms with E-state index in [2.05, 4.69) is 20.3 Å². The van der Waals surface area contributed by atoms with Gasteiger partial charge in [-0.05, 0) is 11.1 Å². The van der Waals surface area contributed by atoms with Crippen LogP contribution < -0.4 is 5.32 Å². The summed E-state index contributed by atoms with van der Waals surface area (Å²) in [5.41, 5.74) is 0.872. The summed E-state index contributed by atoms with van der Waals surface area (Å²) in [6.45, 7) is -0.325. The Morgan fingerprint density at radius 1 is 0.912 bits per heavy atom. The van der Waals surface area contributed by atoms with Crippen molar-refractivity contribution >= 4 is 17.0 Å². The number of nitrogens with one attached hydrogen (secondary N) is 1. The third-order valence-corrected chi connectivity index (χ3v) is 6.16. The normalized spacial score (nSPS) is 22.8. The molecule has 176 valence electrons. The first-order chi connectivity index (χ1) is 16.5. The molecular formula is C24H25N5O5. The molecule has 1 fully saturated rings. The third-order valence-electron chi connectivity index (χ3n) is 6.16. The predicted molar refractivity (Wildman–Crippen MR) is 123 cm³/mol. The Labute approximate surface area is 195 Å². The van der Waals surface area contributed by atoms with E-state index in [0.29, 0.717) is 17.0 Å². The molecule has 0 bridgehead atoms. The molecule has 10 heteroatoms. The van der Waals surface area contributed by atoms with Crippen molar-refractivity contribution in [2.24, 2.45) is 0 Å². The Kier molecular flexibility index (Phi) is 5.98. The Morgan fingerprint density at radius 2 is 1.56 bits per heavy atom. The molecule has 1 aliphatic rings. The fraction of sp³-hybridized carbons (Fsp3) is 0.292. The molecule has 0 amide bonds. The van der Waals surface area contributed by atoms with Crippen molar-refractivity contribution in [2.45, 2.75) is 30.1 Å². The molecule has 3 heterocycles. The van der Waals surface area contributed by atoms with Crippen LogP contribution >= 0.6 is 0 Å². The highest BCUT2D eigenvalue weighted by molar-refractivity contribution is 5.82. The van der Waals surface area contributed by atoms with Gasteiger partial charge in [-0.15, -0.1) is 0 Å². The van der Waals surface area contributed by atoms with Crippen molar-refractivity contribution in [3.8, 4) is 0 Å². The summed E-state index contributed by atoms with van der Waals surface area (Å²) in [6.07, 6.45) is -1.60. The van der Waals surface area contributed by atoms with Gasteiger partial charge < -0.3 is 30.5 Å². The molecule has 4 atom stereocenters. The Bertz CT molecular complexity index is 1210. The number of ether oxygens (including phenoxy) is 1. The van der Waals surface area contributed by atoms with Crippen LogP contribution in [0, 0.1) is 0 Å². The van der Waals surface area contributed by atoms with Gasteiger partial charge in [0.15, 0.2) is 23.2 Å². The van der Waals surface area contributed by atoms with Crippen molar-refractivity contribution in [1.82, 2.24) is 19.5 Å². The topological polar surface area (TPSA) is 146 Å². The minimum atomic E-state index is -1.34. The van der Waals surface area contributed by atoms with Gasteiger partial charge in [-0.2, -0.15) is 0 Å². The zero-order chi connectivity index (χ0) is 23.7. The number of aliphatic hydroxyl groups excluding tert-OH is 3. The summed E-state index contributed by atoms with van der Waals surface area (Å²) in [4.78, 5) is 12.9. The largest absolute Gasteiger partial charge is 0.394 e. The highest BCUT2D eigenvalue weighted by atomic mass is 16.6. The second-order valence-electron chi connectivity index (χ2n) is 8.22. The average molecular weight is 463 g/mol. The van der Waals surface area contributed by atoms with E-state index in [0.717, 1.165) is 11.1 Å². The van der Waals surface area contributed by atoms with E-state index in [1.54, 1.807) is 0 Å². The summed E-state index contributed by atoms with van der Waals surface area (Å²) in [7, 11) is 0. The van der Waals surface area contributed by atoms with Gasteiger partial charge in [-0.25, -0.2) is 15.0 Å². The van der Waals surface area contributed by atoms with Gasteiger partial charge in [0.1, 0.15) is 30.2 Å². The minimum Gasteiger partial charge on any atom is -0.394 e. The number of rotatable bonds is 7. The monoisotopic (exact) mass is 463 g/mol. The lowest BCUT2D eigenvalue weighted by molar-refractivity contribution is -0.0511. The maximum absolute atomic E-state index is 11.7. The molecule has 5 N–H and O–H groups in total. The summed E-state index contributed by atoms with van der Waals surface area (Å²) in [5.74, 6) is 0.390. The number of hydrogen-bond acceptors (Lipinski definition) is 9. The first-order valence-electron chi connectivity index (χ1n) is 10.9. The fourth-order valence-corrected chi connectivity index (χ4v) is 4.29. The van der Waals surface area contributed by atoms with Gasteiger partial charge in [-0.3, -0.25) is 4.57 Å². The fourth-order valence-electron chi connectivity index (χ4n) is 4.29. The summed E-state index contributed by atoms with van der Waals surface area (Å²) >= 11 is 0. The third kappa shape index (κ3) is 3.81. The SMILES string of the molecule is OC[C@H]1O[C@@H](n2cnc3c(NCC(O)(c4ccccc4)c4ccccc4)ncnc32)[C@H](O)[C@@H]1O. The summed E-state index contributed by atoms with van der Waals surface area (Å²) < 4.78 is 7.10. The van der Waals surface area contributed by atoms with Gasteiger partial charge in [0.2, 0.25) is 0 Å². The van der Waals surface area contributed by atoms with Gasteiger partial charge in [0, 0.05) is 0 Å². The van der Waals surface area contributed by atoms with E-state index < -0.39 is 36.7 Å². The van der Waals surface area contributed by atoms with Crippen molar-refractivity contribution in [1.29, 1.82) is 0 Å². The molecule has 2 aromatic heterocycles. The second kappa shape index (κ2) is 9.09. The number of imidazole rings is 1. The van der Waals surface area contributed by atoms with Crippen LogP contribution in [0.25, 0.3) is 11.2 Å². The van der Waals surface area contributed by atoms with E-state index >= 15 is 0 Å². The van der Waals surface area contributed by atoms with E-state index in [9.17, 15) is 20.4 Å². The lowest BCUT2D eigenvalue weighted by Gasteiger charge is -2.30. The van der Waals surface area contributed by atoms with Gasteiger partial charge in [0.05, 0.1) is 19.5 Å². The maximum atomic E-state index is 11.7. The van der Waals surface area contributed by atoms with Crippen molar-refractivity contribution in [3.05, 3.63) is 84.4 Å². The number of anilines is 1. The van der Waals surface area contributed by atoms with Gasteiger partial charge in [-0.1, -0.05) is 60.7 Å². The molecule has 1 saturated heterocycles. The summed E-state index contributed by atoms with van der Waals surface area (Å²) in [6, 6.07) is 18.7. The number of nitrogens with zero attached hydrogens (tertiary/aromatic N) is 4. The first-order valence-corrected chi connectivity index (χ1v) is 10.9. The number of fused-ring (bicyclic) bond motifs is 1. The Hall–Kier alpha value is -3.41. The number of benzene rings is 2. The molecule has 2 aromatic carbocycles. The Morgan fingerprint density at radius 3 is 2.15 bits per heavy atom. The number of aromatic nitrogens is 4. The molecule has 0 radical (unpaired) electrons. The number of aliphatic hydroxyl groups is 4. The van der Waals surface area contributed by atoms with E-state index in [1.807, 2.05) is 60.7 Å². The Balaban J connectivity index is 1.46. The molecule has 5 rings (SSSR count). The zero-order valence-electron chi connectivity index (χ0n) is 18.1. The molecule has 34 heavy (non-hydrogen) atoms. The van der Waals surface area contributed by atoms with Crippen molar-refractivity contribution in [3.63, 3.8) is 0 Å². The highest BCUT2D eigenvalue weighted by Gasteiger charge is 2.44. The molecule has 0 unspecified atom stereocenters. The molecule has 0 saturated carbocycles. The first kappa shape index (κ1) is 22.4. The van der Waals surface area contributed by atoms with Crippen LogP contribution in [0.15, 0.2) is 73.3 Å². The standard InChI is InChI=1S/C24H25N5O5/c30-11-17-19(31)20(32)23(34-17)29-14-28-18-21(26-13-27-22(18)29)25-12-24(33,15-7-3-1-4-8-15)16-9-5-2-6-10-16/h1-10,13-14,17,19-20,23,30-33H,11-12H2,(H,25,26,27)/t17-,19-,20-,23-/m1/s1. The van der Waals surface area contributed by atoms with E-state index in [4.69, 9.17) is 4.74 Å². The molecule has 1 aliphatic heterocycles. The van der Waals surface area contributed by atoms with Crippen LogP contribution in [-0.2, 0) is 10.3 Å². The quantitative estimate of drug-likeness (QED) is 0.268. The van der Waals surface area contributed by atoms with E-state index in [1.165, 1.54) is 17.2 Å². The molecule has 0 aliphatic carbocycles. The van der Waals surface area contributed by atoms with Crippen LogP contribution in [0.4, 0.5) is 5.82 Å². The van der Waals surface area contributed by atoms with Crippen LogP contribution in [-0.4, -0.2) is 71.4 Å².